The quantitative estimate of drug-likeness (QED) is 0.519. The topological polar surface area (TPSA) is 86.4 Å². The predicted molar refractivity (Wildman–Crippen MR) is 112 cm³/mol. The molecule has 0 aliphatic heterocycles. The van der Waals surface area contributed by atoms with Gasteiger partial charge in [0, 0.05) is 37.7 Å². The molecule has 7 heteroatoms. The Bertz CT molecular complexity index is 1190. The molecule has 7 nitrogen and oxygen atoms in total. The monoisotopic (exact) mass is 371 g/mol. The number of imidazole rings is 1. The second-order valence-electron chi connectivity index (χ2n) is 6.57. The zero-order valence-corrected chi connectivity index (χ0v) is 16.1. The summed E-state index contributed by atoms with van der Waals surface area (Å²) < 4.78 is 0. The molecule has 4 aromatic heterocycles. The zero-order chi connectivity index (χ0) is 19.7. The third-order valence-corrected chi connectivity index (χ3v) is 4.58. The van der Waals surface area contributed by atoms with Crippen molar-refractivity contribution in [2.24, 2.45) is 0 Å². The number of hydrogen-bond acceptors (Lipinski definition) is 5. The number of fused-ring (bicyclic) bond motifs is 2. The van der Waals surface area contributed by atoms with Gasteiger partial charge in [0.15, 0.2) is 17.1 Å². The van der Waals surface area contributed by atoms with Gasteiger partial charge in [-0.05, 0) is 42.8 Å². The Morgan fingerprint density at radius 1 is 1.21 bits per heavy atom. The van der Waals surface area contributed by atoms with Crippen LogP contribution in [-0.4, -0.2) is 49.1 Å². The van der Waals surface area contributed by atoms with E-state index in [1.165, 1.54) is 0 Å². The number of allylic oxidation sites excluding steroid dienone is 4. The van der Waals surface area contributed by atoms with E-state index in [2.05, 4.69) is 54.9 Å². The smallest absolute Gasteiger partial charge is 0.181 e. The molecule has 0 aliphatic carbocycles. The molecule has 0 radical (unpaired) electrons. The van der Waals surface area contributed by atoms with Crippen molar-refractivity contribution in [1.29, 1.82) is 0 Å². The van der Waals surface area contributed by atoms with Crippen molar-refractivity contribution in [3.63, 3.8) is 0 Å². The fourth-order valence-corrected chi connectivity index (χ4v) is 3.06. The van der Waals surface area contributed by atoms with Crippen molar-refractivity contribution in [1.82, 2.24) is 35.0 Å². The van der Waals surface area contributed by atoms with E-state index in [0.29, 0.717) is 17.1 Å². The van der Waals surface area contributed by atoms with Crippen molar-refractivity contribution in [3.8, 4) is 11.5 Å². The normalized spacial score (nSPS) is 12.7. The van der Waals surface area contributed by atoms with Crippen LogP contribution in [0.4, 0.5) is 0 Å². The third-order valence-electron chi connectivity index (χ3n) is 4.58. The van der Waals surface area contributed by atoms with Crippen LogP contribution < -0.4 is 0 Å². The highest BCUT2D eigenvalue weighted by atomic mass is 15.2. The van der Waals surface area contributed by atoms with Crippen molar-refractivity contribution >= 4 is 27.8 Å². The molecule has 0 saturated carbocycles. The van der Waals surface area contributed by atoms with Crippen LogP contribution >= 0.6 is 0 Å². The van der Waals surface area contributed by atoms with Gasteiger partial charge in [0.2, 0.25) is 0 Å². The van der Waals surface area contributed by atoms with Gasteiger partial charge in [0.25, 0.3) is 0 Å². The molecule has 0 aromatic carbocycles. The lowest BCUT2D eigenvalue weighted by Gasteiger charge is -2.14. The minimum Gasteiger partial charge on any atom is -0.378 e. The van der Waals surface area contributed by atoms with Gasteiger partial charge in [-0.25, -0.2) is 15.0 Å². The Hall–Kier alpha value is -3.74. The van der Waals surface area contributed by atoms with Gasteiger partial charge in [0.1, 0.15) is 5.69 Å². The summed E-state index contributed by atoms with van der Waals surface area (Å²) in [5, 5.41) is 8.27. The van der Waals surface area contributed by atoms with E-state index in [1.54, 1.807) is 6.20 Å². The van der Waals surface area contributed by atoms with E-state index in [4.69, 9.17) is 0 Å². The predicted octanol–water partition coefficient (Wildman–Crippen LogP) is 3.93. The number of aromatic amines is 2. The number of likely N-dealkylation sites (N-methyl/N-ethyl adjacent to an activating group) is 1. The average molecular weight is 371 g/mol. The summed E-state index contributed by atoms with van der Waals surface area (Å²) >= 11 is 0. The van der Waals surface area contributed by atoms with E-state index in [1.807, 2.05) is 50.3 Å². The second kappa shape index (κ2) is 7.11. The molecule has 0 atom stereocenters. The van der Waals surface area contributed by atoms with E-state index in [9.17, 15) is 0 Å². The number of rotatable bonds is 5. The maximum atomic E-state index is 4.57. The van der Waals surface area contributed by atoms with Gasteiger partial charge >= 0.3 is 0 Å². The Morgan fingerprint density at radius 3 is 2.79 bits per heavy atom. The highest BCUT2D eigenvalue weighted by Gasteiger charge is 2.14. The third kappa shape index (κ3) is 3.07. The Kier molecular flexibility index (Phi) is 4.49. The molecule has 0 aliphatic rings. The fraction of sp³-hybridized carbons (Fsp3) is 0.143. The minimum absolute atomic E-state index is 0.642. The lowest BCUT2D eigenvalue weighted by molar-refractivity contribution is 0.530. The first kappa shape index (κ1) is 17.7. The molecule has 4 aromatic rings. The number of aromatic nitrogens is 6. The zero-order valence-electron chi connectivity index (χ0n) is 16.1. The van der Waals surface area contributed by atoms with Crippen molar-refractivity contribution in [2.45, 2.75) is 6.92 Å². The van der Waals surface area contributed by atoms with Crippen molar-refractivity contribution < 1.29 is 0 Å². The summed E-state index contributed by atoms with van der Waals surface area (Å²) in [6, 6.07) is 5.90. The summed E-state index contributed by atoms with van der Waals surface area (Å²) in [5.41, 5.74) is 6.04. The molecule has 4 rings (SSSR count). The molecule has 0 unspecified atom stereocenters. The summed E-state index contributed by atoms with van der Waals surface area (Å²) in [6.07, 6.45) is 9.53. The Labute approximate surface area is 162 Å². The summed E-state index contributed by atoms with van der Waals surface area (Å²) in [7, 11) is 3.98. The first-order valence-corrected chi connectivity index (χ1v) is 8.94. The number of hydrogen-bond donors (Lipinski definition) is 2. The summed E-state index contributed by atoms with van der Waals surface area (Å²) in [5.74, 6) is 0.688. The van der Waals surface area contributed by atoms with Crippen LogP contribution in [0, 0.1) is 0 Å². The van der Waals surface area contributed by atoms with Gasteiger partial charge in [-0.1, -0.05) is 12.7 Å². The fourth-order valence-electron chi connectivity index (χ4n) is 3.06. The molecular weight excluding hydrogens is 350 g/mol. The van der Waals surface area contributed by atoms with E-state index < -0.39 is 0 Å². The summed E-state index contributed by atoms with van der Waals surface area (Å²) in [6.45, 7) is 5.90. The van der Waals surface area contributed by atoms with Crippen molar-refractivity contribution in [3.05, 3.63) is 66.7 Å². The molecule has 0 spiro atoms. The molecule has 0 fully saturated rings. The maximum Gasteiger partial charge on any atom is 0.181 e. The number of nitrogens with one attached hydrogen (secondary N) is 2. The van der Waals surface area contributed by atoms with Gasteiger partial charge in [-0.15, -0.1) is 0 Å². The lowest BCUT2D eigenvalue weighted by atomic mass is 10.0. The summed E-state index contributed by atoms with van der Waals surface area (Å²) in [4.78, 5) is 18.7. The van der Waals surface area contributed by atoms with Crippen LogP contribution in [0.15, 0.2) is 61.1 Å². The first-order valence-electron chi connectivity index (χ1n) is 8.94. The standard InChI is InChI=1S/C21H21N7/c1-5-13(10-15(6-2)28(3)4)14-11-16-18(26-27-19(16)23-12-14)21-24-17-8-7-9-22-20(17)25-21/h5-12H,2H2,1,3-4H3,(H,22,24,25)(H,23,26,27)/b13-5+,15-10+. The van der Waals surface area contributed by atoms with Gasteiger partial charge in [-0.3, -0.25) is 5.10 Å². The van der Waals surface area contributed by atoms with Crippen LogP contribution in [0.25, 0.3) is 39.3 Å². The highest BCUT2D eigenvalue weighted by molar-refractivity contribution is 5.93. The van der Waals surface area contributed by atoms with Crippen LogP contribution in [0.5, 0.6) is 0 Å². The number of H-pyrrole nitrogens is 2. The van der Waals surface area contributed by atoms with Crippen LogP contribution in [0.1, 0.15) is 12.5 Å². The lowest BCUT2D eigenvalue weighted by Crippen LogP contribution is -2.09. The average Bonchev–Trinajstić information content (AvgIpc) is 3.31. The minimum atomic E-state index is 0.642. The molecule has 0 bridgehead atoms. The van der Waals surface area contributed by atoms with Crippen LogP contribution in [0.3, 0.4) is 0 Å². The van der Waals surface area contributed by atoms with Crippen LogP contribution in [0.2, 0.25) is 0 Å². The van der Waals surface area contributed by atoms with Gasteiger partial charge < -0.3 is 9.88 Å². The van der Waals surface area contributed by atoms with E-state index >= 15 is 0 Å². The molecule has 0 amide bonds. The number of pyridine rings is 2. The molecular formula is C21H21N7. The first-order chi connectivity index (χ1) is 13.6. The largest absolute Gasteiger partial charge is 0.378 e. The van der Waals surface area contributed by atoms with Gasteiger partial charge in [-0.2, -0.15) is 5.10 Å². The van der Waals surface area contributed by atoms with E-state index in [0.717, 1.165) is 33.4 Å². The molecule has 2 N–H and O–H groups in total. The number of nitrogens with zero attached hydrogens (tertiary/aromatic N) is 5. The SMILES string of the molecule is C=C/C(=C\C(=C/C)c1cnc2n[nH]c(-c3nc4ncccc4[nH]3)c2c1)N(C)C. The van der Waals surface area contributed by atoms with Crippen molar-refractivity contribution in [2.75, 3.05) is 14.1 Å². The maximum absolute atomic E-state index is 4.57. The Balaban J connectivity index is 1.83. The molecule has 0 saturated heterocycles. The Morgan fingerprint density at radius 2 is 2.07 bits per heavy atom. The molecule has 140 valence electrons. The van der Waals surface area contributed by atoms with E-state index in [-0.39, 0.29) is 0 Å². The highest BCUT2D eigenvalue weighted by Crippen LogP contribution is 2.28. The second-order valence-corrected chi connectivity index (χ2v) is 6.57. The van der Waals surface area contributed by atoms with Crippen LogP contribution in [-0.2, 0) is 0 Å². The molecule has 28 heavy (non-hydrogen) atoms. The van der Waals surface area contributed by atoms with Gasteiger partial charge in [0.05, 0.1) is 10.9 Å². The molecule has 4 heterocycles.